The molecule has 0 aliphatic carbocycles. The van der Waals surface area contributed by atoms with Crippen molar-refractivity contribution in [2.24, 2.45) is 0 Å². The molecule has 1 N–H and O–H groups in total. The van der Waals surface area contributed by atoms with E-state index >= 15 is 0 Å². The molecule has 0 amide bonds. The molecule has 4 rings (SSSR count). The van der Waals surface area contributed by atoms with Crippen LogP contribution in [0.4, 0.5) is 0 Å². The number of rotatable bonds is 11. The molecule has 0 saturated heterocycles. The Morgan fingerprint density at radius 1 is 0.758 bits per heavy atom. The highest BCUT2D eigenvalue weighted by atomic mass is 16.3. The lowest BCUT2D eigenvalue weighted by molar-refractivity contribution is 0.246. The number of nitrogens with zero attached hydrogens (tertiary/aromatic N) is 3. The lowest BCUT2D eigenvalue weighted by Gasteiger charge is -2.37. The molecule has 3 aromatic carbocycles. The fourth-order valence-corrected chi connectivity index (χ4v) is 4.64. The van der Waals surface area contributed by atoms with Crippen molar-refractivity contribution in [2.45, 2.75) is 24.8 Å². The zero-order chi connectivity index (χ0) is 22.9. The molecule has 0 atom stereocenters. The Balaban J connectivity index is 1.73. The van der Waals surface area contributed by atoms with Gasteiger partial charge in [-0.05, 0) is 49.5 Å². The first kappa shape index (κ1) is 23.0. The van der Waals surface area contributed by atoms with Crippen LogP contribution >= 0.6 is 0 Å². The maximum Gasteiger partial charge on any atom is 0.121 e. The Morgan fingerprint density at radius 2 is 1.24 bits per heavy atom. The van der Waals surface area contributed by atoms with Crippen LogP contribution in [0.2, 0.25) is 0 Å². The molecule has 4 nitrogen and oxygen atoms in total. The maximum atomic E-state index is 9.04. The highest BCUT2D eigenvalue weighted by Crippen LogP contribution is 2.40. The van der Waals surface area contributed by atoms with Crippen molar-refractivity contribution >= 4 is 0 Å². The number of imidazole rings is 1. The molecule has 1 heterocycles. The minimum atomic E-state index is -0.507. The van der Waals surface area contributed by atoms with Crippen molar-refractivity contribution in [1.82, 2.24) is 14.5 Å². The van der Waals surface area contributed by atoms with Crippen LogP contribution in [0.5, 0.6) is 0 Å². The van der Waals surface area contributed by atoms with E-state index in [1.165, 1.54) is 16.7 Å². The summed E-state index contributed by atoms with van der Waals surface area (Å²) in [6.45, 7) is 2.16. The zero-order valence-corrected chi connectivity index (χ0v) is 19.3. The average molecular weight is 440 g/mol. The molecule has 0 radical (unpaired) electrons. The number of hydrogen-bond acceptors (Lipinski definition) is 3. The molecule has 0 saturated carbocycles. The molecule has 33 heavy (non-hydrogen) atoms. The van der Waals surface area contributed by atoms with Crippen LogP contribution in [0.3, 0.4) is 0 Å². The monoisotopic (exact) mass is 439 g/mol. The van der Waals surface area contributed by atoms with E-state index in [1.54, 1.807) is 0 Å². The minimum absolute atomic E-state index is 0.245. The molecule has 0 aliphatic rings. The van der Waals surface area contributed by atoms with E-state index in [9.17, 15) is 0 Å². The summed E-state index contributed by atoms with van der Waals surface area (Å²) in [5.41, 5.74) is 4.20. The van der Waals surface area contributed by atoms with Gasteiger partial charge in [-0.25, -0.2) is 4.98 Å². The Bertz CT molecular complexity index is 997. The van der Waals surface area contributed by atoms with Gasteiger partial charge in [0.25, 0.3) is 0 Å². The Hall–Kier alpha value is -3.21. The first-order valence-electron chi connectivity index (χ1n) is 11.7. The van der Waals surface area contributed by atoms with Crippen LogP contribution in [-0.4, -0.2) is 46.3 Å². The second-order valence-corrected chi connectivity index (χ2v) is 8.56. The van der Waals surface area contributed by atoms with Crippen LogP contribution in [-0.2, 0) is 12.0 Å². The summed E-state index contributed by atoms with van der Waals surface area (Å²) in [4.78, 5) is 7.10. The zero-order valence-electron chi connectivity index (χ0n) is 19.3. The molecule has 4 aromatic rings. The van der Waals surface area contributed by atoms with Crippen molar-refractivity contribution < 1.29 is 5.11 Å². The van der Waals surface area contributed by atoms with Crippen LogP contribution in [0.1, 0.15) is 35.2 Å². The predicted octanol–water partition coefficient (Wildman–Crippen LogP) is 4.97. The summed E-state index contributed by atoms with van der Waals surface area (Å²) in [6, 6.07) is 32.1. The summed E-state index contributed by atoms with van der Waals surface area (Å²) < 4.78 is 2.28. The smallest absolute Gasteiger partial charge is 0.121 e. The number of aryl methyl sites for hydroxylation is 1. The SMILES string of the molecule is CN(CCCO)CCCc1cn(C(c2ccccc2)(c2ccccc2)c2ccccc2)cn1. The normalized spacial score (nSPS) is 11.7. The van der Waals surface area contributed by atoms with Gasteiger partial charge in [0.2, 0.25) is 0 Å². The molecular weight excluding hydrogens is 406 g/mol. The molecular formula is C29H33N3O. The molecule has 1 aromatic heterocycles. The van der Waals surface area contributed by atoms with Gasteiger partial charge in [-0.1, -0.05) is 91.0 Å². The molecule has 0 aliphatic heterocycles. The van der Waals surface area contributed by atoms with E-state index < -0.39 is 5.54 Å². The van der Waals surface area contributed by atoms with E-state index in [-0.39, 0.29) is 6.61 Å². The van der Waals surface area contributed by atoms with E-state index in [2.05, 4.69) is 114 Å². The second kappa shape index (κ2) is 11.1. The number of benzene rings is 3. The summed E-state index contributed by atoms with van der Waals surface area (Å²) in [7, 11) is 2.11. The first-order chi connectivity index (χ1) is 16.2. The van der Waals surface area contributed by atoms with Crippen molar-refractivity contribution in [3.05, 3.63) is 126 Å². The van der Waals surface area contributed by atoms with Gasteiger partial charge in [0.15, 0.2) is 0 Å². The number of aromatic nitrogens is 2. The van der Waals surface area contributed by atoms with Crippen LogP contribution in [0.25, 0.3) is 0 Å². The highest BCUT2D eigenvalue weighted by Gasteiger charge is 2.38. The van der Waals surface area contributed by atoms with Crippen molar-refractivity contribution in [3.63, 3.8) is 0 Å². The number of hydrogen-bond donors (Lipinski definition) is 1. The fraction of sp³-hybridized carbons (Fsp3) is 0.276. The molecule has 0 fully saturated rings. The van der Waals surface area contributed by atoms with Gasteiger partial charge in [0.05, 0.1) is 12.0 Å². The molecule has 4 heteroatoms. The van der Waals surface area contributed by atoms with Gasteiger partial charge >= 0.3 is 0 Å². The summed E-state index contributed by atoms with van der Waals surface area (Å²) in [5, 5.41) is 9.04. The van der Waals surface area contributed by atoms with E-state index in [1.807, 2.05) is 6.33 Å². The fourth-order valence-electron chi connectivity index (χ4n) is 4.64. The van der Waals surface area contributed by atoms with E-state index in [0.29, 0.717) is 0 Å². The third kappa shape index (κ3) is 5.08. The van der Waals surface area contributed by atoms with Crippen molar-refractivity contribution in [2.75, 3.05) is 26.7 Å². The van der Waals surface area contributed by atoms with Gasteiger partial charge in [-0.15, -0.1) is 0 Å². The third-order valence-electron chi connectivity index (χ3n) is 6.27. The maximum absolute atomic E-state index is 9.04. The standard InChI is InChI=1S/C29H33N3O/c1-31(21-12-22-33)20-11-19-28-23-32(24-30-28)29(25-13-5-2-6-14-25,26-15-7-3-8-16-26)27-17-9-4-10-18-27/h2-10,13-18,23-24,33H,11-12,19-22H2,1H3. The first-order valence-corrected chi connectivity index (χ1v) is 11.7. The lowest BCUT2D eigenvalue weighted by atomic mass is 9.77. The number of aliphatic hydroxyl groups is 1. The van der Waals surface area contributed by atoms with Gasteiger partial charge in [0, 0.05) is 19.3 Å². The van der Waals surface area contributed by atoms with Gasteiger partial charge in [0.1, 0.15) is 5.54 Å². The van der Waals surface area contributed by atoms with Crippen LogP contribution in [0.15, 0.2) is 104 Å². The predicted molar refractivity (Wildman–Crippen MR) is 134 cm³/mol. The lowest BCUT2D eigenvalue weighted by Crippen LogP contribution is -2.36. The van der Waals surface area contributed by atoms with Gasteiger partial charge in [-0.3, -0.25) is 0 Å². The molecule has 0 bridgehead atoms. The van der Waals surface area contributed by atoms with E-state index in [0.717, 1.165) is 38.0 Å². The molecule has 0 unspecified atom stereocenters. The summed E-state index contributed by atoms with van der Waals surface area (Å²) in [5.74, 6) is 0. The van der Waals surface area contributed by atoms with Crippen LogP contribution < -0.4 is 0 Å². The number of aliphatic hydroxyl groups excluding tert-OH is 1. The average Bonchev–Trinajstić information content (AvgIpc) is 3.34. The van der Waals surface area contributed by atoms with E-state index in [4.69, 9.17) is 10.1 Å². The minimum Gasteiger partial charge on any atom is -0.396 e. The van der Waals surface area contributed by atoms with Gasteiger partial charge < -0.3 is 14.6 Å². The third-order valence-corrected chi connectivity index (χ3v) is 6.27. The largest absolute Gasteiger partial charge is 0.396 e. The van der Waals surface area contributed by atoms with Crippen molar-refractivity contribution in [3.8, 4) is 0 Å². The topological polar surface area (TPSA) is 41.3 Å². The van der Waals surface area contributed by atoms with Crippen LogP contribution in [0, 0.1) is 0 Å². The quantitative estimate of drug-likeness (QED) is 0.336. The van der Waals surface area contributed by atoms with Gasteiger partial charge in [-0.2, -0.15) is 0 Å². The Kier molecular flexibility index (Phi) is 7.71. The summed E-state index contributed by atoms with van der Waals surface area (Å²) >= 11 is 0. The van der Waals surface area contributed by atoms with Crippen molar-refractivity contribution in [1.29, 1.82) is 0 Å². The summed E-state index contributed by atoms with van der Waals surface area (Å²) in [6.07, 6.45) is 6.97. The second-order valence-electron chi connectivity index (χ2n) is 8.56. The highest BCUT2D eigenvalue weighted by molar-refractivity contribution is 5.50. The Labute approximate surface area is 197 Å². The molecule has 170 valence electrons. The Morgan fingerprint density at radius 3 is 1.73 bits per heavy atom. The molecule has 0 spiro atoms.